The first-order chi connectivity index (χ1) is 7.53. The van der Waals surface area contributed by atoms with Crippen molar-refractivity contribution in [3.05, 3.63) is 35.6 Å². The average molecular weight is 223 g/mol. The van der Waals surface area contributed by atoms with Gasteiger partial charge >= 0.3 is 0 Å². The molecule has 2 atom stereocenters. The summed E-state index contributed by atoms with van der Waals surface area (Å²) in [4.78, 5) is 2.19. The molecule has 16 heavy (non-hydrogen) atoms. The number of halogens is 1. The molecule has 2 nitrogen and oxygen atoms in total. The van der Waals surface area contributed by atoms with E-state index in [-0.39, 0.29) is 11.9 Å². The first-order valence-corrected chi connectivity index (χ1v) is 5.70. The highest BCUT2D eigenvalue weighted by atomic mass is 19.1. The Bertz CT molecular complexity index is 382. The first kappa shape index (κ1) is 11.6. The lowest BCUT2D eigenvalue weighted by Gasteiger charge is -2.41. The maximum absolute atomic E-state index is 13.7. The van der Waals surface area contributed by atoms with Crippen molar-refractivity contribution in [2.75, 3.05) is 13.6 Å². The zero-order valence-corrected chi connectivity index (χ0v) is 9.78. The molecule has 2 rings (SSSR count). The Labute approximate surface area is 95.7 Å². The minimum atomic E-state index is -1.00. The Kier molecular flexibility index (Phi) is 3.00. The highest BCUT2D eigenvalue weighted by Gasteiger charge is 2.38. The molecule has 1 aromatic carbocycles. The summed E-state index contributed by atoms with van der Waals surface area (Å²) in [5, 5.41) is 10.5. The molecule has 88 valence electrons. The van der Waals surface area contributed by atoms with Gasteiger partial charge in [-0.25, -0.2) is 4.39 Å². The van der Waals surface area contributed by atoms with Gasteiger partial charge in [0.05, 0.1) is 5.60 Å². The van der Waals surface area contributed by atoms with Crippen LogP contribution in [0.25, 0.3) is 0 Å². The van der Waals surface area contributed by atoms with Crippen molar-refractivity contribution in [2.24, 2.45) is 0 Å². The molecule has 0 aliphatic carbocycles. The fraction of sp³-hybridized carbons (Fsp3) is 0.538. The van der Waals surface area contributed by atoms with E-state index in [2.05, 4.69) is 11.8 Å². The quantitative estimate of drug-likeness (QED) is 0.788. The molecular weight excluding hydrogens is 205 g/mol. The molecule has 1 aliphatic rings. The first-order valence-electron chi connectivity index (χ1n) is 5.70. The van der Waals surface area contributed by atoms with Crippen LogP contribution in [0.15, 0.2) is 24.3 Å². The Balaban J connectivity index is 2.29. The van der Waals surface area contributed by atoms with Gasteiger partial charge in [-0.1, -0.05) is 18.2 Å². The second-order valence-corrected chi connectivity index (χ2v) is 4.80. The predicted molar refractivity (Wildman–Crippen MR) is 61.6 cm³/mol. The van der Waals surface area contributed by atoms with E-state index in [1.54, 1.807) is 18.2 Å². The smallest absolute Gasteiger partial charge is 0.129 e. The van der Waals surface area contributed by atoms with Gasteiger partial charge in [0, 0.05) is 18.2 Å². The van der Waals surface area contributed by atoms with E-state index < -0.39 is 5.60 Å². The molecule has 0 spiro atoms. The van der Waals surface area contributed by atoms with Crippen LogP contribution in [-0.4, -0.2) is 29.6 Å². The minimum Gasteiger partial charge on any atom is -0.385 e. The standard InChI is InChI=1S/C13H18FNO/c1-10-9-13(16,7-8-15(10)2)11-5-3-4-6-12(11)14/h3-6,10,16H,7-9H2,1-2H3. The van der Waals surface area contributed by atoms with Crippen LogP contribution < -0.4 is 0 Å². The van der Waals surface area contributed by atoms with E-state index in [9.17, 15) is 9.50 Å². The Morgan fingerprint density at radius 1 is 1.44 bits per heavy atom. The Morgan fingerprint density at radius 3 is 2.75 bits per heavy atom. The number of benzene rings is 1. The van der Waals surface area contributed by atoms with Crippen molar-refractivity contribution < 1.29 is 9.50 Å². The molecule has 0 aromatic heterocycles. The van der Waals surface area contributed by atoms with Crippen molar-refractivity contribution in [3.63, 3.8) is 0 Å². The van der Waals surface area contributed by atoms with Crippen LogP contribution in [0.3, 0.4) is 0 Å². The van der Waals surface area contributed by atoms with E-state index in [0.29, 0.717) is 18.4 Å². The number of nitrogens with zero attached hydrogens (tertiary/aromatic N) is 1. The van der Waals surface area contributed by atoms with E-state index in [1.165, 1.54) is 6.07 Å². The highest BCUT2D eigenvalue weighted by Crippen LogP contribution is 2.36. The summed E-state index contributed by atoms with van der Waals surface area (Å²) in [7, 11) is 2.03. The average Bonchev–Trinajstić information content (AvgIpc) is 2.25. The summed E-state index contributed by atoms with van der Waals surface area (Å²) in [5.74, 6) is -0.304. The molecule has 0 amide bonds. The van der Waals surface area contributed by atoms with Gasteiger partial charge in [-0.3, -0.25) is 0 Å². The molecule has 0 bridgehead atoms. The van der Waals surface area contributed by atoms with Crippen molar-refractivity contribution in [2.45, 2.75) is 31.4 Å². The number of aliphatic hydroxyl groups is 1. The van der Waals surface area contributed by atoms with Crippen LogP contribution in [0.5, 0.6) is 0 Å². The third kappa shape index (κ3) is 1.97. The van der Waals surface area contributed by atoms with Crippen LogP contribution >= 0.6 is 0 Å². The molecule has 1 aromatic rings. The Hall–Kier alpha value is -0.930. The van der Waals surface area contributed by atoms with E-state index in [0.717, 1.165) is 6.54 Å². The summed E-state index contributed by atoms with van der Waals surface area (Å²) in [5.41, 5.74) is -0.563. The minimum absolute atomic E-state index is 0.276. The molecule has 1 N–H and O–H groups in total. The molecular formula is C13H18FNO. The molecule has 0 saturated carbocycles. The zero-order valence-electron chi connectivity index (χ0n) is 9.78. The lowest BCUT2D eigenvalue weighted by atomic mass is 9.81. The fourth-order valence-electron chi connectivity index (χ4n) is 2.41. The number of piperidine rings is 1. The monoisotopic (exact) mass is 223 g/mol. The van der Waals surface area contributed by atoms with Gasteiger partial charge in [-0.05, 0) is 32.9 Å². The zero-order chi connectivity index (χ0) is 11.8. The van der Waals surface area contributed by atoms with Gasteiger partial charge in [-0.2, -0.15) is 0 Å². The van der Waals surface area contributed by atoms with Gasteiger partial charge in [0.1, 0.15) is 5.82 Å². The lowest BCUT2D eigenvalue weighted by molar-refractivity contribution is -0.0432. The lowest BCUT2D eigenvalue weighted by Crippen LogP contribution is -2.46. The molecule has 1 fully saturated rings. The summed E-state index contributed by atoms with van der Waals surface area (Å²) in [6.07, 6.45) is 1.18. The summed E-state index contributed by atoms with van der Waals surface area (Å²) in [6, 6.07) is 6.81. The SMILES string of the molecule is CC1CC(O)(c2ccccc2F)CCN1C. The number of likely N-dealkylation sites (tertiary alicyclic amines) is 1. The molecule has 0 radical (unpaired) electrons. The van der Waals surface area contributed by atoms with Crippen molar-refractivity contribution in [1.82, 2.24) is 4.90 Å². The fourth-order valence-corrected chi connectivity index (χ4v) is 2.41. The topological polar surface area (TPSA) is 23.5 Å². The van der Waals surface area contributed by atoms with Gasteiger partial charge in [0.25, 0.3) is 0 Å². The number of hydrogen-bond acceptors (Lipinski definition) is 2. The van der Waals surface area contributed by atoms with Crippen LogP contribution in [0.1, 0.15) is 25.3 Å². The summed E-state index contributed by atoms with van der Waals surface area (Å²) < 4.78 is 13.7. The van der Waals surface area contributed by atoms with E-state index in [1.807, 2.05) is 7.05 Å². The van der Waals surface area contributed by atoms with Gasteiger partial charge in [0.15, 0.2) is 0 Å². The van der Waals surface area contributed by atoms with Crippen molar-refractivity contribution in [3.8, 4) is 0 Å². The predicted octanol–water partition coefficient (Wildman–Crippen LogP) is 2.13. The third-order valence-electron chi connectivity index (χ3n) is 3.64. The van der Waals surface area contributed by atoms with Crippen LogP contribution in [0, 0.1) is 5.82 Å². The van der Waals surface area contributed by atoms with Gasteiger partial charge in [0.2, 0.25) is 0 Å². The third-order valence-corrected chi connectivity index (χ3v) is 3.64. The van der Waals surface area contributed by atoms with Gasteiger partial charge in [-0.15, -0.1) is 0 Å². The normalized spacial score (nSPS) is 31.6. The van der Waals surface area contributed by atoms with Gasteiger partial charge < -0.3 is 10.0 Å². The van der Waals surface area contributed by atoms with E-state index >= 15 is 0 Å². The molecule has 1 heterocycles. The molecule has 1 saturated heterocycles. The van der Waals surface area contributed by atoms with Crippen LogP contribution in [-0.2, 0) is 5.60 Å². The number of rotatable bonds is 1. The highest BCUT2D eigenvalue weighted by molar-refractivity contribution is 5.25. The second kappa shape index (κ2) is 4.15. The van der Waals surface area contributed by atoms with E-state index in [4.69, 9.17) is 0 Å². The molecule has 3 heteroatoms. The molecule has 1 aliphatic heterocycles. The second-order valence-electron chi connectivity index (χ2n) is 4.80. The summed E-state index contributed by atoms with van der Waals surface area (Å²) >= 11 is 0. The Morgan fingerprint density at radius 2 is 2.12 bits per heavy atom. The van der Waals surface area contributed by atoms with Crippen LogP contribution in [0.2, 0.25) is 0 Å². The number of hydrogen-bond donors (Lipinski definition) is 1. The molecule has 2 unspecified atom stereocenters. The maximum atomic E-state index is 13.7. The van der Waals surface area contributed by atoms with Crippen LogP contribution in [0.4, 0.5) is 4.39 Å². The van der Waals surface area contributed by atoms with Crippen molar-refractivity contribution >= 4 is 0 Å². The van der Waals surface area contributed by atoms with Crippen molar-refractivity contribution in [1.29, 1.82) is 0 Å². The summed E-state index contributed by atoms with van der Waals surface area (Å²) in [6.45, 7) is 2.86. The largest absolute Gasteiger partial charge is 0.385 e. The maximum Gasteiger partial charge on any atom is 0.129 e.